The summed E-state index contributed by atoms with van der Waals surface area (Å²) in [5, 5.41) is 7.79. The molecule has 4 nitrogen and oxygen atoms in total. The fourth-order valence-corrected chi connectivity index (χ4v) is 1.58. The Bertz CT molecular complexity index is 490. The summed E-state index contributed by atoms with van der Waals surface area (Å²) in [5.41, 5.74) is 6.82. The molecule has 0 bridgehead atoms. The Morgan fingerprint density at radius 2 is 2.12 bits per heavy atom. The monoisotopic (exact) mass is 235 g/mol. The van der Waals surface area contributed by atoms with E-state index in [0.717, 1.165) is 12.0 Å². The molecule has 90 valence electrons. The first-order chi connectivity index (χ1) is 8.19. The van der Waals surface area contributed by atoms with Crippen molar-refractivity contribution >= 4 is 0 Å². The first kappa shape index (κ1) is 11.7. The largest absolute Gasteiger partial charge is 0.421 e. The van der Waals surface area contributed by atoms with Gasteiger partial charge in [-0.25, -0.2) is 4.39 Å². The lowest BCUT2D eigenvalue weighted by Crippen LogP contribution is -2.00. The molecule has 1 aromatic heterocycles. The molecule has 0 aliphatic carbocycles. The fraction of sp³-hybridized carbons (Fsp3) is 0.333. The average molecular weight is 235 g/mol. The predicted molar refractivity (Wildman–Crippen MR) is 61.8 cm³/mol. The Morgan fingerprint density at radius 1 is 1.29 bits per heavy atom. The second kappa shape index (κ2) is 5.05. The molecular weight excluding hydrogens is 221 g/mol. The van der Waals surface area contributed by atoms with Gasteiger partial charge in [-0.05, 0) is 43.7 Å². The van der Waals surface area contributed by atoms with Crippen LogP contribution in [0.2, 0.25) is 0 Å². The lowest BCUT2D eigenvalue weighted by molar-refractivity contribution is 0.498. The van der Waals surface area contributed by atoms with Gasteiger partial charge in [-0.3, -0.25) is 0 Å². The normalized spacial score (nSPS) is 10.8. The zero-order valence-corrected chi connectivity index (χ0v) is 9.61. The number of nitrogens with zero attached hydrogens (tertiary/aromatic N) is 2. The highest BCUT2D eigenvalue weighted by Crippen LogP contribution is 2.20. The number of rotatable bonds is 4. The van der Waals surface area contributed by atoms with Gasteiger partial charge in [0.2, 0.25) is 11.8 Å². The second-order valence-electron chi connectivity index (χ2n) is 3.91. The van der Waals surface area contributed by atoms with Gasteiger partial charge in [-0.1, -0.05) is 0 Å². The van der Waals surface area contributed by atoms with E-state index in [1.807, 2.05) is 13.0 Å². The summed E-state index contributed by atoms with van der Waals surface area (Å²) in [6, 6.07) is 4.64. The van der Waals surface area contributed by atoms with E-state index in [1.165, 1.54) is 12.1 Å². The molecule has 0 radical (unpaired) electrons. The summed E-state index contributed by atoms with van der Waals surface area (Å²) in [6.45, 7) is 2.40. The summed E-state index contributed by atoms with van der Waals surface area (Å²) in [5.74, 6) is 0.577. The summed E-state index contributed by atoms with van der Waals surface area (Å²) in [7, 11) is 0. The number of aryl methyl sites for hydroxylation is 2. The molecule has 0 saturated heterocycles. The zero-order chi connectivity index (χ0) is 12.3. The molecule has 2 rings (SSSR count). The minimum absolute atomic E-state index is 0.304. The maximum atomic E-state index is 13.2. The van der Waals surface area contributed by atoms with Crippen LogP contribution in [-0.4, -0.2) is 16.7 Å². The van der Waals surface area contributed by atoms with E-state index >= 15 is 0 Å². The molecule has 0 fully saturated rings. The highest BCUT2D eigenvalue weighted by atomic mass is 19.1. The predicted octanol–water partition coefficient (Wildman–Crippen LogP) is 2.08. The minimum Gasteiger partial charge on any atom is -0.421 e. The van der Waals surface area contributed by atoms with Crippen LogP contribution in [-0.2, 0) is 6.42 Å². The highest BCUT2D eigenvalue weighted by Gasteiger charge is 2.09. The van der Waals surface area contributed by atoms with Crippen molar-refractivity contribution in [2.75, 3.05) is 6.54 Å². The Hall–Kier alpha value is -1.75. The van der Waals surface area contributed by atoms with Crippen molar-refractivity contribution in [2.24, 2.45) is 5.73 Å². The molecule has 1 heterocycles. The van der Waals surface area contributed by atoms with Crippen LogP contribution in [0.5, 0.6) is 0 Å². The summed E-state index contributed by atoms with van der Waals surface area (Å²) < 4.78 is 18.7. The Balaban J connectivity index is 2.24. The van der Waals surface area contributed by atoms with Gasteiger partial charge in [0.25, 0.3) is 0 Å². The van der Waals surface area contributed by atoms with Gasteiger partial charge in [0.1, 0.15) is 5.82 Å². The molecule has 1 aromatic carbocycles. The van der Waals surface area contributed by atoms with Gasteiger partial charge in [0, 0.05) is 12.0 Å². The first-order valence-corrected chi connectivity index (χ1v) is 5.49. The summed E-state index contributed by atoms with van der Waals surface area (Å²) >= 11 is 0. The van der Waals surface area contributed by atoms with Crippen LogP contribution < -0.4 is 5.73 Å². The van der Waals surface area contributed by atoms with Gasteiger partial charge in [-0.2, -0.15) is 0 Å². The Morgan fingerprint density at radius 3 is 2.82 bits per heavy atom. The van der Waals surface area contributed by atoms with E-state index in [9.17, 15) is 4.39 Å². The van der Waals surface area contributed by atoms with Crippen molar-refractivity contribution in [1.29, 1.82) is 0 Å². The van der Waals surface area contributed by atoms with Gasteiger partial charge >= 0.3 is 0 Å². The van der Waals surface area contributed by atoms with Crippen LogP contribution in [0.15, 0.2) is 22.6 Å². The van der Waals surface area contributed by atoms with E-state index in [0.29, 0.717) is 30.3 Å². The topological polar surface area (TPSA) is 64.9 Å². The molecule has 0 aliphatic heterocycles. The molecule has 5 heteroatoms. The number of benzene rings is 1. The molecule has 17 heavy (non-hydrogen) atoms. The maximum absolute atomic E-state index is 13.2. The van der Waals surface area contributed by atoms with E-state index in [-0.39, 0.29) is 5.82 Å². The molecule has 0 saturated carbocycles. The van der Waals surface area contributed by atoms with Crippen LogP contribution >= 0.6 is 0 Å². The lowest BCUT2D eigenvalue weighted by atomic mass is 10.1. The molecule has 0 amide bonds. The third kappa shape index (κ3) is 2.88. The van der Waals surface area contributed by atoms with Crippen molar-refractivity contribution in [2.45, 2.75) is 19.8 Å². The van der Waals surface area contributed by atoms with E-state index in [4.69, 9.17) is 10.2 Å². The van der Waals surface area contributed by atoms with Gasteiger partial charge in [-0.15, -0.1) is 10.2 Å². The molecule has 2 N–H and O–H groups in total. The standard InChI is InChI=1S/C12H14FN3O/c1-8-5-9(7-10(13)6-8)12-16-15-11(17-12)3-2-4-14/h5-7H,2-4,14H2,1H3. The van der Waals surface area contributed by atoms with Crippen LogP contribution in [0, 0.1) is 12.7 Å². The quantitative estimate of drug-likeness (QED) is 0.881. The van der Waals surface area contributed by atoms with Crippen molar-refractivity contribution in [3.8, 4) is 11.5 Å². The summed E-state index contributed by atoms with van der Waals surface area (Å²) in [6.07, 6.45) is 1.45. The number of halogens is 1. The van der Waals surface area contributed by atoms with E-state index in [1.54, 1.807) is 0 Å². The van der Waals surface area contributed by atoms with Crippen LogP contribution in [0.25, 0.3) is 11.5 Å². The number of aromatic nitrogens is 2. The van der Waals surface area contributed by atoms with Crippen molar-refractivity contribution in [1.82, 2.24) is 10.2 Å². The number of hydrogen-bond acceptors (Lipinski definition) is 4. The summed E-state index contributed by atoms with van der Waals surface area (Å²) in [4.78, 5) is 0. The second-order valence-corrected chi connectivity index (χ2v) is 3.91. The van der Waals surface area contributed by atoms with E-state index in [2.05, 4.69) is 10.2 Å². The molecular formula is C12H14FN3O. The smallest absolute Gasteiger partial charge is 0.247 e. The van der Waals surface area contributed by atoms with Crippen molar-refractivity contribution in [3.63, 3.8) is 0 Å². The molecule has 0 spiro atoms. The number of hydrogen-bond donors (Lipinski definition) is 1. The zero-order valence-electron chi connectivity index (χ0n) is 9.61. The fourth-order valence-electron chi connectivity index (χ4n) is 1.58. The van der Waals surface area contributed by atoms with Gasteiger partial charge < -0.3 is 10.2 Å². The molecule has 0 atom stereocenters. The molecule has 0 aliphatic rings. The van der Waals surface area contributed by atoms with Crippen molar-refractivity contribution < 1.29 is 8.81 Å². The highest BCUT2D eigenvalue weighted by molar-refractivity contribution is 5.53. The maximum Gasteiger partial charge on any atom is 0.247 e. The third-order valence-corrected chi connectivity index (χ3v) is 2.35. The number of nitrogens with two attached hydrogens (primary N) is 1. The molecule has 0 unspecified atom stereocenters. The third-order valence-electron chi connectivity index (χ3n) is 2.35. The van der Waals surface area contributed by atoms with Gasteiger partial charge in [0.15, 0.2) is 0 Å². The van der Waals surface area contributed by atoms with Crippen LogP contribution in [0.1, 0.15) is 17.9 Å². The lowest BCUT2D eigenvalue weighted by Gasteiger charge is -1.98. The average Bonchev–Trinajstić information content (AvgIpc) is 2.73. The first-order valence-electron chi connectivity index (χ1n) is 5.49. The Labute approximate surface area is 98.7 Å². The van der Waals surface area contributed by atoms with Crippen LogP contribution in [0.3, 0.4) is 0 Å². The minimum atomic E-state index is -0.304. The Kier molecular flexibility index (Phi) is 3.49. The van der Waals surface area contributed by atoms with Gasteiger partial charge in [0.05, 0.1) is 0 Å². The molecule has 2 aromatic rings. The SMILES string of the molecule is Cc1cc(F)cc(-c2nnc(CCCN)o2)c1. The van der Waals surface area contributed by atoms with Crippen molar-refractivity contribution in [3.05, 3.63) is 35.5 Å². The van der Waals surface area contributed by atoms with Crippen LogP contribution in [0.4, 0.5) is 4.39 Å². The van der Waals surface area contributed by atoms with E-state index < -0.39 is 0 Å².